The van der Waals surface area contributed by atoms with E-state index in [4.69, 9.17) is 15.7 Å². The third-order valence-corrected chi connectivity index (χ3v) is 2.69. The topological polar surface area (TPSA) is 67.8 Å². The molecule has 4 nitrogen and oxygen atoms in total. The van der Waals surface area contributed by atoms with Crippen LogP contribution in [0.3, 0.4) is 0 Å². The van der Waals surface area contributed by atoms with Crippen molar-refractivity contribution in [3.05, 3.63) is 59.2 Å². The molecule has 0 unspecified atom stereocenters. The fraction of sp³-hybridized carbons (Fsp3) is 0.133. The van der Waals surface area contributed by atoms with E-state index in [2.05, 4.69) is 11.2 Å². The zero-order chi connectivity index (χ0) is 13.8. The zero-order valence-corrected chi connectivity index (χ0v) is 10.9. The van der Waals surface area contributed by atoms with Gasteiger partial charge in [-0.25, -0.2) is 0 Å². The molecule has 2 aromatic carbocycles. The quantitative estimate of drug-likeness (QED) is 0.383. The van der Waals surface area contributed by atoms with Gasteiger partial charge in [0.05, 0.1) is 0 Å². The highest BCUT2D eigenvalue weighted by Crippen LogP contribution is 2.23. The van der Waals surface area contributed by atoms with Crippen LogP contribution in [0.25, 0.3) is 0 Å². The van der Waals surface area contributed by atoms with Crippen LogP contribution in [0.2, 0.25) is 0 Å². The van der Waals surface area contributed by atoms with Crippen LogP contribution in [-0.4, -0.2) is 11.0 Å². The molecule has 0 aliphatic heterocycles. The fourth-order valence-electron chi connectivity index (χ4n) is 1.88. The number of nitrogens with two attached hydrogens (primary N) is 1. The number of hydrogen-bond donors (Lipinski definition) is 2. The number of aryl methyl sites for hydroxylation is 2. The monoisotopic (exact) mass is 256 g/mol. The van der Waals surface area contributed by atoms with Gasteiger partial charge in [-0.15, -0.1) is 0 Å². The van der Waals surface area contributed by atoms with E-state index in [1.165, 1.54) is 0 Å². The fourth-order valence-corrected chi connectivity index (χ4v) is 1.88. The number of oxime groups is 1. The Balaban J connectivity index is 2.19. The van der Waals surface area contributed by atoms with Gasteiger partial charge in [0, 0.05) is 5.56 Å². The Labute approximate surface area is 112 Å². The molecule has 0 aromatic heterocycles. The molecule has 0 heterocycles. The van der Waals surface area contributed by atoms with Crippen LogP contribution in [-0.2, 0) is 0 Å². The molecule has 0 saturated heterocycles. The molecule has 0 aliphatic carbocycles. The molecule has 2 rings (SSSR count). The summed E-state index contributed by atoms with van der Waals surface area (Å²) in [6.45, 7) is 4.06. The molecular formula is C15H16N2O2. The van der Waals surface area contributed by atoms with E-state index < -0.39 is 0 Å². The van der Waals surface area contributed by atoms with E-state index in [1.807, 2.05) is 26.0 Å². The summed E-state index contributed by atoms with van der Waals surface area (Å²) in [4.78, 5) is 0. The lowest BCUT2D eigenvalue weighted by Crippen LogP contribution is -2.12. The summed E-state index contributed by atoms with van der Waals surface area (Å²) >= 11 is 0. The number of ether oxygens (including phenoxy) is 1. The van der Waals surface area contributed by atoms with Gasteiger partial charge in [-0.05, 0) is 61.4 Å². The van der Waals surface area contributed by atoms with Crippen molar-refractivity contribution >= 4 is 5.84 Å². The van der Waals surface area contributed by atoms with Gasteiger partial charge >= 0.3 is 0 Å². The molecule has 0 amide bonds. The van der Waals surface area contributed by atoms with Crippen LogP contribution in [0.5, 0.6) is 11.5 Å². The summed E-state index contributed by atoms with van der Waals surface area (Å²) < 4.78 is 5.77. The maximum Gasteiger partial charge on any atom is 0.170 e. The van der Waals surface area contributed by atoms with Crippen LogP contribution in [0.15, 0.2) is 47.6 Å². The molecule has 0 atom stereocenters. The van der Waals surface area contributed by atoms with Gasteiger partial charge in [-0.3, -0.25) is 0 Å². The minimum absolute atomic E-state index is 0.0814. The highest BCUT2D eigenvalue weighted by molar-refractivity contribution is 5.97. The van der Waals surface area contributed by atoms with Crippen molar-refractivity contribution in [2.75, 3.05) is 0 Å². The van der Waals surface area contributed by atoms with Gasteiger partial charge in [0.2, 0.25) is 0 Å². The molecule has 0 bridgehead atoms. The first-order chi connectivity index (χ1) is 9.08. The van der Waals surface area contributed by atoms with Crippen molar-refractivity contribution < 1.29 is 9.94 Å². The van der Waals surface area contributed by atoms with Gasteiger partial charge in [0.15, 0.2) is 5.84 Å². The van der Waals surface area contributed by atoms with Gasteiger partial charge in [0.1, 0.15) is 11.5 Å². The molecule has 0 saturated carbocycles. The second-order valence-electron chi connectivity index (χ2n) is 4.44. The standard InChI is InChI=1S/C15H16N2O2/c1-10-7-11(2)9-14(8-10)19-13-5-3-12(4-6-13)15(16)17-18/h3-9,18H,1-2H3,(H2,16,17). The maximum atomic E-state index is 8.59. The summed E-state index contributed by atoms with van der Waals surface area (Å²) in [7, 11) is 0. The van der Waals surface area contributed by atoms with Crippen LogP contribution < -0.4 is 10.5 Å². The predicted molar refractivity (Wildman–Crippen MR) is 74.9 cm³/mol. The Morgan fingerprint density at radius 2 is 1.58 bits per heavy atom. The molecular weight excluding hydrogens is 240 g/mol. The summed E-state index contributed by atoms with van der Waals surface area (Å²) in [5.74, 6) is 1.59. The second-order valence-corrected chi connectivity index (χ2v) is 4.44. The van der Waals surface area contributed by atoms with Crippen molar-refractivity contribution in [1.29, 1.82) is 0 Å². The number of nitrogens with zero attached hydrogens (tertiary/aromatic N) is 1. The Kier molecular flexibility index (Phi) is 3.71. The average molecular weight is 256 g/mol. The third kappa shape index (κ3) is 3.25. The third-order valence-electron chi connectivity index (χ3n) is 2.69. The first kappa shape index (κ1) is 13.0. The summed E-state index contributed by atoms with van der Waals surface area (Å²) in [5.41, 5.74) is 8.46. The van der Waals surface area contributed by atoms with Crippen molar-refractivity contribution in [3.8, 4) is 11.5 Å². The van der Waals surface area contributed by atoms with Crippen molar-refractivity contribution in [1.82, 2.24) is 0 Å². The number of rotatable bonds is 3. The van der Waals surface area contributed by atoms with E-state index in [0.29, 0.717) is 11.3 Å². The maximum absolute atomic E-state index is 8.59. The Morgan fingerprint density at radius 1 is 1.00 bits per heavy atom. The molecule has 0 fully saturated rings. The second kappa shape index (κ2) is 5.44. The van der Waals surface area contributed by atoms with Crippen LogP contribution in [0, 0.1) is 13.8 Å². The van der Waals surface area contributed by atoms with E-state index in [9.17, 15) is 0 Å². The van der Waals surface area contributed by atoms with E-state index in [0.717, 1.165) is 16.9 Å². The first-order valence-electron chi connectivity index (χ1n) is 5.92. The number of hydrogen-bond acceptors (Lipinski definition) is 3. The van der Waals surface area contributed by atoms with Gasteiger partial charge < -0.3 is 15.7 Å². The SMILES string of the molecule is Cc1cc(C)cc(Oc2ccc(/C(N)=N/O)cc2)c1. The number of amidine groups is 1. The molecule has 0 aliphatic rings. The van der Waals surface area contributed by atoms with Gasteiger partial charge in [0.25, 0.3) is 0 Å². The van der Waals surface area contributed by atoms with Gasteiger partial charge in [-0.1, -0.05) is 11.2 Å². The highest BCUT2D eigenvalue weighted by Gasteiger charge is 2.02. The first-order valence-corrected chi connectivity index (χ1v) is 5.92. The predicted octanol–water partition coefficient (Wildman–Crippen LogP) is 3.19. The Hall–Kier alpha value is -2.49. The average Bonchev–Trinajstić information content (AvgIpc) is 2.37. The van der Waals surface area contributed by atoms with Crippen molar-refractivity contribution in [2.45, 2.75) is 13.8 Å². The molecule has 4 heteroatoms. The zero-order valence-electron chi connectivity index (χ0n) is 10.9. The molecule has 3 N–H and O–H groups in total. The minimum atomic E-state index is 0.0814. The normalized spacial score (nSPS) is 11.4. The van der Waals surface area contributed by atoms with Crippen molar-refractivity contribution in [3.63, 3.8) is 0 Å². The lowest BCUT2D eigenvalue weighted by atomic mass is 10.1. The Morgan fingerprint density at radius 3 is 2.11 bits per heavy atom. The lowest BCUT2D eigenvalue weighted by Gasteiger charge is -2.08. The van der Waals surface area contributed by atoms with E-state index in [-0.39, 0.29) is 5.84 Å². The van der Waals surface area contributed by atoms with E-state index in [1.54, 1.807) is 24.3 Å². The smallest absolute Gasteiger partial charge is 0.170 e. The highest BCUT2D eigenvalue weighted by atomic mass is 16.5. The van der Waals surface area contributed by atoms with Crippen LogP contribution >= 0.6 is 0 Å². The molecule has 0 radical (unpaired) electrons. The van der Waals surface area contributed by atoms with Crippen LogP contribution in [0.4, 0.5) is 0 Å². The summed E-state index contributed by atoms with van der Waals surface area (Å²) in [6, 6.07) is 13.1. The van der Waals surface area contributed by atoms with Crippen LogP contribution in [0.1, 0.15) is 16.7 Å². The summed E-state index contributed by atoms with van der Waals surface area (Å²) in [5, 5.41) is 11.5. The van der Waals surface area contributed by atoms with E-state index >= 15 is 0 Å². The Bertz CT molecular complexity index is 584. The molecule has 19 heavy (non-hydrogen) atoms. The molecule has 98 valence electrons. The minimum Gasteiger partial charge on any atom is -0.457 e. The summed E-state index contributed by atoms with van der Waals surface area (Å²) in [6.07, 6.45) is 0. The largest absolute Gasteiger partial charge is 0.457 e. The molecule has 0 spiro atoms. The lowest BCUT2D eigenvalue weighted by molar-refractivity contribution is 0.318. The number of benzene rings is 2. The molecule has 2 aromatic rings. The van der Waals surface area contributed by atoms with Crippen molar-refractivity contribution in [2.24, 2.45) is 10.9 Å². The van der Waals surface area contributed by atoms with Gasteiger partial charge in [-0.2, -0.15) is 0 Å².